The van der Waals surface area contributed by atoms with Crippen LogP contribution in [0.3, 0.4) is 0 Å². The van der Waals surface area contributed by atoms with E-state index >= 15 is 0 Å². The van der Waals surface area contributed by atoms with Crippen LogP contribution in [-0.2, 0) is 0 Å². The Kier molecular flexibility index (Phi) is 5.60. The molecule has 0 fully saturated rings. The Labute approximate surface area is 215 Å². The first kappa shape index (κ1) is 23.4. The summed E-state index contributed by atoms with van der Waals surface area (Å²) in [4.78, 5) is 25.4. The molecule has 6 aromatic rings. The largest absolute Gasteiger partial charge is 0.455 e. The van der Waals surface area contributed by atoms with Crippen LogP contribution in [0.5, 0.6) is 0 Å². The summed E-state index contributed by atoms with van der Waals surface area (Å²) in [6.07, 6.45) is 3.26. The number of hydrogen-bond acceptors (Lipinski definition) is 5. The van der Waals surface area contributed by atoms with Crippen molar-refractivity contribution in [2.45, 2.75) is 0 Å². The molecule has 0 bridgehead atoms. The van der Waals surface area contributed by atoms with Gasteiger partial charge in [0.25, 0.3) is 5.91 Å². The average molecular weight is 510 g/mol. The van der Waals surface area contributed by atoms with Crippen molar-refractivity contribution in [2.24, 2.45) is 0 Å². The molecule has 0 radical (unpaired) electrons. The fraction of sp³-hybridized carbons (Fsp3) is 0.0690. The number of benzene rings is 3. The van der Waals surface area contributed by atoms with Crippen molar-refractivity contribution in [3.63, 3.8) is 0 Å². The molecule has 0 saturated heterocycles. The zero-order chi connectivity index (χ0) is 26.4. The van der Waals surface area contributed by atoms with Crippen molar-refractivity contribution < 1.29 is 18.0 Å². The van der Waals surface area contributed by atoms with Gasteiger partial charge in [0.15, 0.2) is 0 Å². The Morgan fingerprint density at radius 1 is 0.921 bits per heavy atom. The summed E-state index contributed by atoms with van der Waals surface area (Å²) in [5.41, 5.74) is 5.42. The number of aromatic nitrogens is 3. The lowest BCUT2D eigenvalue weighted by atomic mass is 10.0. The van der Waals surface area contributed by atoms with Crippen LogP contribution in [-0.4, -0.2) is 35.0 Å². The van der Waals surface area contributed by atoms with Gasteiger partial charge in [-0.15, -0.1) is 0 Å². The molecule has 1 amide bonds. The number of rotatable bonds is 5. The predicted octanol–water partition coefficient (Wildman–Crippen LogP) is 6.38. The first-order valence-corrected chi connectivity index (χ1v) is 11.8. The van der Waals surface area contributed by atoms with Gasteiger partial charge in [-0.25, -0.2) is 13.8 Å². The molecule has 6 rings (SSSR count). The van der Waals surface area contributed by atoms with Crippen LogP contribution in [0.1, 0.15) is 10.4 Å². The van der Waals surface area contributed by atoms with Gasteiger partial charge in [-0.05, 0) is 54.6 Å². The maximum Gasteiger partial charge on any atom is 0.255 e. The van der Waals surface area contributed by atoms with Gasteiger partial charge >= 0.3 is 0 Å². The van der Waals surface area contributed by atoms with Gasteiger partial charge in [-0.3, -0.25) is 9.78 Å². The third kappa shape index (κ3) is 3.94. The van der Waals surface area contributed by atoms with E-state index < -0.39 is 0 Å². The van der Waals surface area contributed by atoms with Crippen LogP contribution in [0.25, 0.3) is 55.8 Å². The zero-order valence-corrected chi connectivity index (χ0v) is 20.4. The number of nitrogens with one attached hydrogen (secondary N) is 3. The van der Waals surface area contributed by atoms with Crippen molar-refractivity contribution in [1.82, 2.24) is 20.3 Å². The van der Waals surface area contributed by atoms with E-state index in [1.807, 2.05) is 12.1 Å². The second-order valence-electron chi connectivity index (χ2n) is 8.74. The van der Waals surface area contributed by atoms with Gasteiger partial charge in [0.1, 0.15) is 28.7 Å². The number of halogens is 2. The monoisotopic (exact) mass is 509 g/mol. The Balaban J connectivity index is 1.52. The fourth-order valence-corrected chi connectivity index (χ4v) is 4.58. The van der Waals surface area contributed by atoms with Gasteiger partial charge in [0.05, 0.1) is 29.3 Å². The molecule has 7 nitrogen and oxygen atoms in total. The number of hydrogen-bond donors (Lipinski definition) is 3. The fourth-order valence-electron chi connectivity index (χ4n) is 4.58. The SMILES string of the molecule is CNC(=O)c1c(-c2ccc(F)cc2)oc2cc(NC)c(-c3cncc(-c4cc5cc(F)ccc5[nH]4)n3)cc12. The van der Waals surface area contributed by atoms with Gasteiger partial charge in [-0.2, -0.15) is 0 Å². The number of carbonyl (C=O) groups excluding carboxylic acids is 1. The summed E-state index contributed by atoms with van der Waals surface area (Å²) in [6.45, 7) is 0. The number of amides is 1. The lowest BCUT2D eigenvalue weighted by molar-refractivity contribution is 0.0964. The minimum Gasteiger partial charge on any atom is -0.455 e. The van der Waals surface area contributed by atoms with E-state index in [-0.39, 0.29) is 17.5 Å². The standard InChI is InChI=1S/C29H21F2N5O2/c1-32-22-12-26-20(27(29(37)33-2)28(38-26)15-3-5-17(30)6-4-15)11-19(22)24-13-34-14-25(36-24)23-10-16-9-18(31)7-8-21(16)35-23/h3-14,32,35H,1-2H3,(H,33,37). The highest BCUT2D eigenvalue weighted by molar-refractivity contribution is 6.12. The van der Waals surface area contributed by atoms with E-state index in [1.54, 1.807) is 50.8 Å². The second-order valence-corrected chi connectivity index (χ2v) is 8.74. The average Bonchev–Trinajstić information content (AvgIpc) is 3.53. The highest BCUT2D eigenvalue weighted by Gasteiger charge is 2.24. The lowest BCUT2D eigenvalue weighted by Crippen LogP contribution is -2.18. The number of furan rings is 1. The summed E-state index contributed by atoms with van der Waals surface area (Å²) in [5.74, 6) is -0.702. The third-order valence-corrected chi connectivity index (χ3v) is 6.43. The molecule has 0 saturated carbocycles. The molecule has 9 heteroatoms. The van der Waals surface area contributed by atoms with Crippen molar-refractivity contribution in [2.75, 3.05) is 19.4 Å². The molecule has 3 aromatic carbocycles. The van der Waals surface area contributed by atoms with Crippen molar-refractivity contribution in [3.8, 4) is 34.0 Å². The summed E-state index contributed by atoms with van der Waals surface area (Å²) >= 11 is 0. The molecular formula is C29H21F2N5O2. The summed E-state index contributed by atoms with van der Waals surface area (Å²) in [7, 11) is 3.32. The molecule has 3 N–H and O–H groups in total. The topological polar surface area (TPSA) is 95.8 Å². The number of aromatic amines is 1. The molecule has 0 atom stereocenters. The van der Waals surface area contributed by atoms with E-state index in [0.29, 0.717) is 56.2 Å². The second kappa shape index (κ2) is 9.11. The maximum atomic E-state index is 13.7. The smallest absolute Gasteiger partial charge is 0.255 e. The van der Waals surface area contributed by atoms with E-state index in [9.17, 15) is 13.6 Å². The first-order chi connectivity index (χ1) is 18.4. The molecular weight excluding hydrogens is 488 g/mol. The van der Waals surface area contributed by atoms with Crippen LogP contribution >= 0.6 is 0 Å². The molecule has 188 valence electrons. The molecule has 0 aliphatic carbocycles. The number of anilines is 1. The normalized spacial score (nSPS) is 11.3. The molecule has 3 aromatic heterocycles. The van der Waals surface area contributed by atoms with E-state index in [0.717, 1.165) is 10.9 Å². The molecule has 0 unspecified atom stereocenters. The molecule has 0 aliphatic rings. The number of H-pyrrole nitrogens is 1. The molecule has 38 heavy (non-hydrogen) atoms. The predicted molar refractivity (Wildman–Crippen MR) is 143 cm³/mol. The Morgan fingerprint density at radius 2 is 1.68 bits per heavy atom. The highest BCUT2D eigenvalue weighted by atomic mass is 19.1. The summed E-state index contributed by atoms with van der Waals surface area (Å²) in [6, 6.07) is 15.8. The van der Waals surface area contributed by atoms with Gasteiger partial charge in [-0.1, -0.05) is 0 Å². The lowest BCUT2D eigenvalue weighted by Gasteiger charge is -2.10. The number of carbonyl (C=O) groups is 1. The molecule has 3 heterocycles. The van der Waals surface area contributed by atoms with Crippen molar-refractivity contribution in [1.29, 1.82) is 0 Å². The van der Waals surface area contributed by atoms with Gasteiger partial charge < -0.3 is 20.0 Å². The van der Waals surface area contributed by atoms with Crippen LogP contribution in [0, 0.1) is 11.6 Å². The summed E-state index contributed by atoms with van der Waals surface area (Å²) < 4.78 is 33.4. The Morgan fingerprint density at radius 3 is 2.45 bits per heavy atom. The minimum atomic E-state index is -0.385. The maximum absolute atomic E-state index is 13.7. The first-order valence-electron chi connectivity index (χ1n) is 11.8. The quantitative estimate of drug-likeness (QED) is 0.251. The van der Waals surface area contributed by atoms with E-state index in [2.05, 4.69) is 20.6 Å². The van der Waals surface area contributed by atoms with Crippen molar-refractivity contribution >= 4 is 33.5 Å². The van der Waals surface area contributed by atoms with Crippen LogP contribution < -0.4 is 10.6 Å². The van der Waals surface area contributed by atoms with Crippen LogP contribution in [0.4, 0.5) is 14.5 Å². The Bertz CT molecular complexity index is 1840. The van der Waals surface area contributed by atoms with E-state index in [4.69, 9.17) is 9.40 Å². The van der Waals surface area contributed by atoms with Crippen molar-refractivity contribution in [3.05, 3.63) is 90.3 Å². The third-order valence-electron chi connectivity index (χ3n) is 6.43. The molecule has 0 spiro atoms. The highest BCUT2D eigenvalue weighted by Crippen LogP contribution is 2.39. The zero-order valence-electron chi connectivity index (χ0n) is 20.4. The Hall–Kier alpha value is -5.05. The molecule has 0 aliphatic heterocycles. The van der Waals surface area contributed by atoms with Crippen LogP contribution in [0.2, 0.25) is 0 Å². The number of fused-ring (bicyclic) bond motifs is 2. The van der Waals surface area contributed by atoms with Crippen LogP contribution in [0.15, 0.2) is 77.5 Å². The summed E-state index contributed by atoms with van der Waals surface area (Å²) in [5, 5.41) is 7.14. The minimum absolute atomic E-state index is 0.318. The van der Waals surface area contributed by atoms with E-state index in [1.165, 1.54) is 24.3 Å². The number of nitrogens with zero attached hydrogens (tertiary/aromatic N) is 2. The van der Waals surface area contributed by atoms with Gasteiger partial charge in [0, 0.05) is 53.3 Å². The van der Waals surface area contributed by atoms with Gasteiger partial charge in [0.2, 0.25) is 0 Å².